The summed E-state index contributed by atoms with van der Waals surface area (Å²) in [6.07, 6.45) is 0. The monoisotopic (exact) mass is 579 g/mol. The zero-order chi connectivity index (χ0) is 27.0. The molecule has 2 aliphatic rings. The molecule has 0 aromatic heterocycles. The van der Waals surface area contributed by atoms with Crippen LogP contribution in [0.2, 0.25) is 0 Å². The number of nitrogens with one attached hydrogen (secondary N) is 1. The van der Waals surface area contributed by atoms with E-state index in [2.05, 4.69) is 21.4 Å². The molecule has 0 spiro atoms. The number of fused-ring (bicyclic) bond motifs is 1. The van der Waals surface area contributed by atoms with Crippen molar-refractivity contribution in [1.29, 1.82) is 0 Å². The van der Waals surface area contributed by atoms with Gasteiger partial charge < -0.3 is 14.2 Å². The number of imide groups is 1. The van der Waals surface area contributed by atoms with E-state index < -0.39 is 35.7 Å². The van der Waals surface area contributed by atoms with Crippen LogP contribution in [0.25, 0.3) is 0 Å². The Hall–Kier alpha value is -3.89. The average molecular weight is 580 g/mol. The molecule has 0 unspecified atom stereocenters. The zero-order valence-electron chi connectivity index (χ0n) is 21.0. The van der Waals surface area contributed by atoms with E-state index in [9.17, 15) is 14.4 Å². The predicted octanol–water partition coefficient (Wildman–Crippen LogP) is 4.12. The molecule has 3 amide bonds. The lowest BCUT2D eigenvalue weighted by Gasteiger charge is -2.26. The van der Waals surface area contributed by atoms with Gasteiger partial charge in [0.1, 0.15) is 11.8 Å². The molecule has 3 atom stereocenters. The van der Waals surface area contributed by atoms with Crippen molar-refractivity contribution < 1.29 is 28.6 Å². The first-order chi connectivity index (χ1) is 18.4. The standard InChI is InChI=1S/C28H26BrN3O6/c1-4-38-19-13-11-18(12-14-19)31-27(34)22-23(20-9-6-10-21(36-2)25(20)37-3)30-32(24(22)28(31)35)26(33)16-7-5-8-17(29)15-16/h5-15,22-24,30H,4H2,1-3H3/t22-,23+,24+/m1/s1. The maximum absolute atomic E-state index is 13.9. The molecule has 0 saturated carbocycles. The highest BCUT2D eigenvalue weighted by molar-refractivity contribution is 9.10. The average Bonchev–Trinajstić information content (AvgIpc) is 3.44. The topological polar surface area (TPSA) is 97.4 Å². The Morgan fingerprint density at radius 1 is 0.974 bits per heavy atom. The molecule has 2 aliphatic heterocycles. The summed E-state index contributed by atoms with van der Waals surface area (Å²) in [5, 5.41) is 1.27. The lowest BCUT2D eigenvalue weighted by molar-refractivity contribution is -0.123. The summed E-state index contributed by atoms with van der Waals surface area (Å²) in [4.78, 5) is 42.6. The number of halogens is 1. The SMILES string of the molecule is CCOc1ccc(N2C(=O)[C@H]3[C@@H](C2=O)N(C(=O)c2cccc(Br)c2)N[C@H]3c2cccc(OC)c2OC)cc1. The number of hydrogen-bond acceptors (Lipinski definition) is 7. The molecule has 0 bridgehead atoms. The minimum atomic E-state index is -1.07. The fraction of sp³-hybridized carbons (Fsp3) is 0.250. The van der Waals surface area contributed by atoms with Gasteiger partial charge in [-0.15, -0.1) is 0 Å². The molecule has 2 heterocycles. The molecule has 2 fully saturated rings. The van der Waals surface area contributed by atoms with Crippen LogP contribution in [0.5, 0.6) is 17.2 Å². The van der Waals surface area contributed by atoms with Crippen LogP contribution in [0.15, 0.2) is 71.2 Å². The van der Waals surface area contributed by atoms with Crippen molar-refractivity contribution >= 4 is 39.3 Å². The van der Waals surface area contributed by atoms with E-state index in [4.69, 9.17) is 14.2 Å². The smallest absolute Gasteiger partial charge is 0.268 e. The quantitative estimate of drug-likeness (QED) is 0.420. The van der Waals surface area contributed by atoms with E-state index in [0.29, 0.717) is 40.7 Å². The van der Waals surface area contributed by atoms with Gasteiger partial charge in [-0.3, -0.25) is 19.4 Å². The van der Waals surface area contributed by atoms with Crippen molar-refractivity contribution in [2.24, 2.45) is 5.92 Å². The van der Waals surface area contributed by atoms with E-state index >= 15 is 0 Å². The molecule has 5 rings (SSSR count). The summed E-state index contributed by atoms with van der Waals surface area (Å²) in [6.45, 7) is 2.37. The van der Waals surface area contributed by atoms with Crippen molar-refractivity contribution in [3.05, 3.63) is 82.3 Å². The lowest BCUT2D eigenvalue weighted by Crippen LogP contribution is -2.48. The summed E-state index contributed by atoms with van der Waals surface area (Å²) in [6, 6.07) is 17.1. The Labute approximate surface area is 228 Å². The summed E-state index contributed by atoms with van der Waals surface area (Å²) in [5.74, 6) is -0.724. The number of amides is 3. The molecule has 2 saturated heterocycles. The normalized spacial score (nSPS) is 20.5. The number of hydrazine groups is 1. The number of anilines is 1. The maximum Gasteiger partial charge on any atom is 0.268 e. The summed E-state index contributed by atoms with van der Waals surface area (Å²) in [5.41, 5.74) is 4.53. The molecule has 1 N–H and O–H groups in total. The molecule has 10 heteroatoms. The van der Waals surface area contributed by atoms with Gasteiger partial charge in [0.05, 0.1) is 38.5 Å². The third kappa shape index (κ3) is 4.29. The van der Waals surface area contributed by atoms with E-state index in [-0.39, 0.29) is 0 Å². The highest BCUT2D eigenvalue weighted by Crippen LogP contribution is 2.46. The van der Waals surface area contributed by atoms with Crippen molar-refractivity contribution in [1.82, 2.24) is 10.4 Å². The first kappa shape index (κ1) is 25.7. The van der Waals surface area contributed by atoms with Gasteiger partial charge in [-0.1, -0.05) is 34.1 Å². The van der Waals surface area contributed by atoms with Crippen LogP contribution in [0, 0.1) is 5.92 Å². The fourth-order valence-corrected chi connectivity index (χ4v) is 5.46. The minimum absolute atomic E-state index is 0.364. The molecular formula is C28H26BrN3O6. The van der Waals surface area contributed by atoms with Crippen LogP contribution in [0.1, 0.15) is 28.9 Å². The molecule has 38 heavy (non-hydrogen) atoms. The summed E-state index contributed by atoms with van der Waals surface area (Å²) >= 11 is 3.40. The van der Waals surface area contributed by atoms with Gasteiger partial charge in [-0.25, -0.2) is 10.3 Å². The van der Waals surface area contributed by atoms with Crippen molar-refractivity contribution in [3.8, 4) is 17.2 Å². The molecule has 3 aromatic carbocycles. The van der Waals surface area contributed by atoms with Crippen LogP contribution in [0.3, 0.4) is 0 Å². The molecule has 9 nitrogen and oxygen atoms in total. The number of hydrogen-bond donors (Lipinski definition) is 1. The van der Waals surface area contributed by atoms with Gasteiger partial charge >= 0.3 is 0 Å². The lowest BCUT2D eigenvalue weighted by atomic mass is 9.90. The Morgan fingerprint density at radius 3 is 2.37 bits per heavy atom. The number of carbonyl (C=O) groups excluding carboxylic acids is 3. The van der Waals surface area contributed by atoms with Crippen molar-refractivity contribution in [2.75, 3.05) is 25.7 Å². The second kappa shape index (κ2) is 10.5. The van der Waals surface area contributed by atoms with Gasteiger partial charge in [0, 0.05) is 15.6 Å². The number of nitrogens with zero attached hydrogens (tertiary/aromatic N) is 2. The highest BCUT2D eigenvalue weighted by atomic mass is 79.9. The van der Waals surface area contributed by atoms with Gasteiger partial charge in [-0.2, -0.15) is 0 Å². The Bertz CT molecular complexity index is 1400. The minimum Gasteiger partial charge on any atom is -0.494 e. The van der Waals surface area contributed by atoms with E-state index in [1.807, 2.05) is 6.92 Å². The van der Waals surface area contributed by atoms with E-state index in [1.165, 1.54) is 19.2 Å². The number of carbonyl (C=O) groups is 3. The third-order valence-electron chi connectivity index (χ3n) is 6.70. The fourth-order valence-electron chi connectivity index (χ4n) is 5.06. The Morgan fingerprint density at radius 2 is 1.71 bits per heavy atom. The second-order valence-corrected chi connectivity index (χ2v) is 9.70. The predicted molar refractivity (Wildman–Crippen MR) is 143 cm³/mol. The van der Waals surface area contributed by atoms with Crippen LogP contribution in [-0.2, 0) is 9.59 Å². The number of methoxy groups -OCH3 is 2. The van der Waals surface area contributed by atoms with Crippen molar-refractivity contribution in [2.45, 2.75) is 19.0 Å². The van der Waals surface area contributed by atoms with Crippen LogP contribution in [0.4, 0.5) is 5.69 Å². The van der Waals surface area contributed by atoms with Gasteiger partial charge in [0.2, 0.25) is 5.91 Å². The van der Waals surface area contributed by atoms with E-state index in [0.717, 1.165) is 9.37 Å². The third-order valence-corrected chi connectivity index (χ3v) is 7.19. The number of ether oxygens (including phenoxy) is 3. The Balaban J connectivity index is 1.59. The zero-order valence-corrected chi connectivity index (χ0v) is 22.6. The Kier molecular flexibility index (Phi) is 7.09. The number of benzene rings is 3. The highest BCUT2D eigenvalue weighted by Gasteiger charge is 2.61. The molecule has 0 aliphatic carbocycles. The summed E-state index contributed by atoms with van der Waals surface area (Å²) in [7, 11) is 3.03. The van der Waals surface area contributed by atoms with Crippen LogP contribution >= 0.6 is 15.9 Å². The number of rotatable bonds is 7. The molecule has 3 aromatic rings. The number of para-hydroxylation sites is 1. The van der Waals surface area contributed by atoms with Gasteiger partial charge in [0.25, 0.3) is 11.8 Å². The van der Waals surface area contributed by atoms with E-state index in [1.54, 1.807) is 66.7 Å². The van der Waals surface area contributed by atoms with Gasteiger partial charge in [0.15, 0.2) is 11.5 Å². The van der Waals surface area contributed by atoms with Crippen LogP contribution in [-0.4, -0.2) is 49.6 Å². The molecular weight excluding hydrogens is 554 g/mol. The van der Waals surface area contributed by atoms with Crippen molar-refractivity contribution in [3.63, 3.8) is 0 Å². The van der Waals surface area contributed by atoms with Gasteiger partial charge in [-0.05, 0) is 55.5 Å². The molecule has 196 valence electrons. The summed E-state index contributed by atoms with van der Waals surface area (Å²) < 4.78 is 17.3. The second-order valence-electron chi connectivity index (χ2n) is 8.78. The largest absolute Gasteiger partial charge is 0.494 e. The molecule has 0 radical (unpaired) electrons. The first-order valence-electron chi connectivity index (χ1n) is 12.1. The van der Waals surface area contributed by atoms with Crippen LogP contribution < -0.4 is 24.5 Å². The first-order valence-corrected chi connectivity index (χ1v) is 12.9. The maximum atomic E-state index is 13.9.